The van der Waals surface area contributed by atoms with E-state index in [1.807, 2.05) is 30.3 Å². The molecule has 0 saturated carbocycles. The highest BCUT2D eigenvalue weighted by atomic mass is 16.3. The van der Waals surface area contributed by atoms with Gasteiger partial charge in [-0.05, 0) is 37.4 Å². The number of urea groups is 1. The zero-order chi connectivity index (χ0) is 16.5. The first kappa shape index (κ1) is 17.8. The van der Waals surface area contributed by atoms with E-state index in [0.717, 1.165) is 12.1 Å². The smallest absolute Gasteiger partial charge is 0.315 e. The highest BCUT2D eigenvalue weighted by molar-refractivity contribution is 5.74. The number of hydrogen-bond donors (Lipinski definition) is 3. The quantitative estimate of drug-likeness (QED) is 0.721. The number of nitrogens with zero attached hydrogens (tertiary/aromatic N) is 1. The molecule has 1 fully saturated rings. The Balaban J connectivity index is 1.71. The lowest BCUT2D eigenvalue weighted by atomic mass is 10.1. The van der Waals surface area contributed by atoms with Crippen LogP contribution in [0.5, 0.6) is 0 Å². The fourth-order valence-corrected chi connectivity index (χ4v) is 3.04. The number of benzene rings is 1. The predicted octanol–water partition coefficient (Wildman–Crippen LogP) is 2.14. The zero-order valence-electron chi connectivity index (χ0n) is 14.0. The Morgan fingerprint density at radius 2 is 1.91 bits per heavy atom. The van der Waals surface area contributed by atoms with Crippen molar-refractivity contribution in [3.05, 3.63) is 35.9 Å². The second-order valence-corrected chi connectivity index (χ2v) is 6.47. The van der Waals surface area contributed by atoms with E-state index < -0.39 is 0 Å². The molecule has 1 saturated heterocycles. The van der Waals surface area contributed by atoms with Gasteiger partial charge in [-0.2, -0.15) is 0 Å². The summed E-state index contributed by atoms with van der Waals surface area (Å²) in [4.78, 5) is 14.5. The number of piperidine rings is 1. The van der Waals surface area contributed by atoms with Gasteiger partial charge in [0.25, 0.3) is 0 Å². The molecule has 0 radical (unpaired) electrons. The van der Waals surface area contributed by atoms with Crippen molar-refractivity contribution >= 4 is 6.03 Å². The van der Waals surface area contributed by atoms with Crippen molar-refractivity contribution in [2.45, 2.75) is 32.2 Å². The molecule has 2 amide bonds. The van der Waals surface area contributed by atoms with Crippen molar-refractivity contribution in [1.82, 2.24) is 15.5 Å². The molecule has 5 nitrogen and oxygen atoms in total. The van der Waals surface area contributed by atoms with Crippen LogP contribution < -0.4 is 10.6 Å². The van der Waals surface area contributed by atoms with Crippen LogP contribution in [0.2, 0.25) is 0 Å². The number of amides is 2. The van der Waals surface area contributed by atoms with E-state index in [4.69, 9.17) is 0 Å². The second-order valence-electron chi connectivity index (χ2n) is 6.47. The van der Waals surface area contributed by atoms with Crippen LogP contribution in [0.3, 0.4) is 0 Å². The third-order valence-corrected chi connectivity index (χ3v) is 4.32. The number of hydrogen-bond acceptors (Lipinski definition) is 3. The summed E-state index contributed by atoms with van der Waals surface area (Å²) < 4.78 is 0. The minimum atomic E-state index is -0.367. The van der Waals surface area contributed by atoms with Crippen LogP contribution in [0.25, 0.3) is 0 Å². The van der Waals surface area contributed by atoms with Gasteiger partial charge in [-0.1, -0.05) is 43.7 Å². The SMILES string of the molecule is CC(CNC(=O)N[C@H](CO)c1ccccc1)CN1CCCCC1. The van der Waals surface area contributed by atoms with Crippen LogP contribution in [0, 0.1) is 5.92 Å². The van der Waals surface area contributed by atoms with Gasteiger partial charge in [-0.15, -0.1) is 0 Å². The van der Waals surface area contributed by atoms with Crippen LogP contribution in [0.4, 0.5) is 4.79 Å². The van der Waals surface area contributed by atoms with E-state index in [0.29, 0.717) is 12.5 Å². The third-order valence-electron chi connectivity index (χ3n) is 4.32. The van der Waals surface area contributed by atoms with Crippen molar-refractivity contribution < 1.29 is 9.90 Å². The molecule has 0 bridgehead atoms. The molecular weight excluding hydrogens is 290 g/mol. The summed E-state index contributed by atoms with van der Waals surface area (Å²) in [7, 11) is 0. The predicted molar refractivity (Wildman–Crippen MR) is 92.3 cm³/mol. The standard InChI is InChI=1S/C18H29N3O2/c1-15(13-21-10-6-3-7-11-21)12-19-18(23)20-17(14-22)16-8-4-2-5-9-16/h2,4-5,8-9,15,17,22H,3,6-7,10-14H2,1H3,(H2,19,20,23)/t15?,17-/m1/s1. The summed E-state index contributed by atoms with van der Waals surface area (Å²) in [5.41, 5.74) is 0.909. The molecule has 1 aliphatic rings. The maximum absolute atomic E-state index is 12.0. The van der Waals surface area contributed by atoms with Gasteiger partial charge in [0.1, 0.15) is 0 Å². The molecule has 3 N–H and O–H groups in total. The van der Waals surface area contributed by atoms with Crippen LogP contribution in [0.1, 0.15) is 37.8 Å². The van der Waals surface area contributed by atoms with Gasteiger partial charge in [-0.25, -0.2) is 4.79 Å². The molecule has 2 rings (SSSR count). The molecule has 128 valence electrons. The minimum Gasteiger partial charge on any atom is -0.394 e. The lowest BCUT2D eigenvalue weighted by Crippen LogP contribution is -2.43. The third kappa shape index (κ3) is 6.20. The summed E-state index contributed by atoms with van der Waals surface area (Å²) in [6, 6.07) is 8.93. The molecule has 1 heterocycles. The van der Waals surface area contributed by atoms with Gasteiger partial charge in [0.05, 0.1) is 12.6 Å². The zero-order valence-corrected chi connectivity index (χ0v) is 14.0. The number of carbonyl (C=O) groups excluding carboxylic acids is 1. The summed E-state index contributed by atoms with van der Waals surface area (Å²) >= 11 is 0. The molecule has 23 heavy (non-hydrogen) atoms. The van der Waals surface area contributed by atoms with Crippen molar-refractivity contribution in [1.29, 1.82) is 0 Å². The molecule has 0 aromatic heterocycles. The van der Waals surface area contributed by atoms with Gasteiger partial charge >= 0.3 is 6.03 Å². The lowest BCUT2D eigenvalue weighted by molar-refractivity contribution is 0.194. The van der Waals surface area contributed by atoms with E-state index >= 15 is 0 Å². The van der Waals surface area contributed by atoms with Gasteiger partial charge in [0.2, 0.25) is 0 Å². The molecule has 0 aliphatic carbocycles. The average Bonchev–Trinajstić information content (AvgIpc) is 2.59. The van der Waals surface area contributed by atoms with Crippen LogP contribution in [-0.2, 0) is 0 Å². The van der Waals surface area contributed by atoms with E-state index in [2.05, 4.69) is 22.5 Å². The first-order chi connectivity index (χ1) is 11.2. The topological polar surface area (TPSA) is 64.6 Å². The molecule has 1 aliphatic heterocycles. The molecule has 0 spiro atoms. The Labute approximate surface area is 139 Å². The molecule has 2 atom stereocenters. The average molecular weight is 319 g/mol. The molecule has 1 unspecified atom stereocenters. The van der Waals surface area contributed by atoms with Crippen molar-refractivity contribution in [3.63, 3.8) is 0 Å². The van der Waals surface area contributed by atoms with Crippen LogP contribution in [0.15, 0.2) is 30.3 Å². The number of nitrogens with one attached hydrogen (secondary N) is 2. The molecule has 1 aromatic rings. The van der Waals surface area contributed by atoms with Crippen molar-refractivity contribution in [2.24, 2.45) is 5.92 Å². The van der Waals surface area contributed by atoms with Gasteiger partial charge in [0, 0.05) is 13.1 Å². The van der Waals surface area contributed by atoms with E-state index in [1.54, 1.807) is 0 Å². The fourth-order valence-electron chi connectivity index (χ4n) is 3.04. The Morgan fingerprint density at radius 3 is 2.57 bits per heavy atom. The Morgan fingerprint density at radius 1 is 1.22 bits per heavy atom. The number of aliphatic hydroxyl groups is 1. The largest absolute Gasteiger partial charge is 0.394 e. The molecule has 5 heteroatoms. The first-order valence-corrected chi connectivity index (χ1v) is 8.61. The van der Waals surface area contributed by atoms with Gasteiger partial charge in [0.15, 0.2) is 0 Å². The summed E-state index contributed by atoms with van der Waals surface area (Å²) in [6.45, 7) is 6.09. The minimum absolute atomic E-state index is 0.110. The normalized spacial score (nSPS) is 18.2. The van der Waals surface area contributed by atoms with Crippen LogP contribution in [-0.4, -0.2) is 48.8 Å². The van der Waals surface area contributed by atoms with Crippen molar-refractivity contribution in [2.75, 3.05) is 32.8 Å². The molecular formula is C18H29N3O2. The van der Waals surface area contributed by atoms with E-state index in [-0.39, 0.29) is 18.7 Å². The maximum atomic E-state index is 12.0. The number of rotatable bonds is 7. The fraction of sp³-hybridized carbons (Fsp3) is 0.611. The van der Waals surface area contributed by atoms with E-state index in [9.17, 15) is 9.90 Å². The maximum Gasteiger partial charge on any atom is 0.315 e. The van der Waals surface area contributed by atoms with Crippen molar-refractivity contribution in [3.8, 4) is 0 Å². The van der Waals surface area contributed by atoms with Gasteiger partial charge < -0.3 is 20.6 Å². The lowest BCUT2D eigenvalue weighted by Gasteiger charge is -2.29. The summed E-state index contributed by atoms with van der Waals surface area (Å²) in [5, 5.41) is 15.2. The Hall–Kier alpha value is -1.59. The Kier molecular flexibility index (Phi) is 7.36. The monoisotopic (exact) mass is 319 g/mol. The first-order valence-electron chi connectivity index (χ1n) is 8.61. The highest BCUT2D eigenvalue weighted by Gasteiger charge is 2.16. The highest BCUT2D eigenvalue weighted by Crippen LogP contribution is 2.12. The van der Waals surface area contributed by atoms with Crippen LogP contribution >= 0.6 is 0 Å². The summed E-state index contributed by atoms with van der Waals surface area (Å²) in [5.74, 6) is 0.420. The molecule has 1 aromatic carbocycles. The van der Waals surface area contributed by atoms with Gasteiger partial charge in [-0.3, -0.25) is 0 Å². The Bertz CT molecular complexity index is 461. The number of likely N-dealkylation sites (tertiary alicyclic amines) is 1. The number of aliphatic hydroxyl groups excluding tert-OH is 1. The summed E-state index contributed by atoms with van der Waals surface area (Å²) in [6.07, 6.45) is 3.92. The second kappa shape index (κ2) is 9.53. The van der Waals surface area contributed by atoms with E-state index in [1.165, 1.54) is 32.4 Å². The number of carbonyl (C=O) groups is 1.